The van der Waals surface area contributed by atoms with E-state index in [4.69, 9.17) is 5.26 Å². The zero-order chi connectivity index (χ0) is 5.98. The molecule has 0 bridgehead atoms. The second-order valence-electron chi connectivity index (χ2n) is 1.47. The van der Waals surface area contributed by atoms with E-state index in [9.17, 15) is 0 Å². The molecule has 0 aromatic rings. The van der Waals surface area contributed by atoms with Gasteiger partial charge in [-0.2, -0.15) is 5.26 Å². The van der Waals surface area contributed by atoms with E-state index >= 15 is 0 Å². The maximum atomic E-state index is 8.27. The zero-order valence-electron chi connectivity index (χ0n) is 4.55. The molecule has 1 aliphatic heterocycles. The average molecular weight is 107 g/mol. The van der Waals surface area contributed by atoms with Crippen molar-refractivity contribution in [1.82, 2.24) is 4.90 Å². The van der Waals surface area contributed by atoms with Gasteiger partial charge in [0.1, 0.15) is 12.6 Å². The van der Waals surface area contributed by atoms with Crippen LogP contribution in [0.1, 0.15) is 0 Å². The lowest BCUT2D eigenvalue weighted by atomic mass is 10.6. The van der Waals surface area contributed by atoms with E-state index in [-0.39, 0.29) is 0 Å². The lowest BCUT2D eigenvalue weighted by Crippen LogP contribution is -2.16. The molecule has 0 saturated carbocycles. The average Bonchev–Trinajstić information content (AvgIpc) is 2.14. The van der Waals surface area contributed by atoms with E-state index in [1.165, 1.54) is 0 Å². The minimum Gasteiger partial charge on any atom is -0.338 e. The molecule has 0 fully saturated rings. The highest BCUT2D eigenvalue weighted by Crippen LogP contribution is 1.99. The van der Waals surface area contributed by atoms with Gasteiger partial charge in [0.2, 0.25) is 5.84 Å². The fourth-order valence-corrected chi connectivity index (χ4v) is 0.508. The highest BCUT2D eigenvalue weighted by molar-refractivity contribution is 5.97. The van der Waals surface area contributed by atoms with Crippen molar-refractivity contribution in [1.29, 1.82) is 5.26 Å². The van der Waals surface area contributed by atoms with Crippen LogP contribution < -0.4 is 0 Å². The van der Waals surface area contributed by atoms with Gasteiger partial charge >= 0.3 is 0 Å². The quantitative estimate of drug-likeness (QED) is 0.433. The van der Waals surface area contributed by atoms with Crippen molar-refractivity contribution in [2.45, 2.75) is 0 Å². The SMILES string of the molecule is CN1[C]CN=C1C#N. The number of hydrogen-bond acceptors (Lipinski definition) is 3. The summed E-state index contributed by atoms with van der Waals surface area (Å²) in [6.07, 6.45) is 0. The second-order valence-corrected chi connectivity index (χ2v) is 1.47. The summed E-state index contributed by atoms with van der Waals surface area (Å²) in [6.45, 7) is 3.35. The Balaban J connectivity index is 2.66. The Hall–Kier alpha value is -1.04. The molecule has 0 amide bonds. The van der Waals surface area contributed by atoms with E-state index < -0.39 is 0 Å². The molecule has 8 heavy (non-hydrogen) atoms. The van der Waals surface area contributed by atoms with E-state index in [0.717, 1.165) is 0 Å². The van der Waals surface area contributed by atoms with Gasteiger partial charge in [-0.1, -0.05) is 0 Å². The van der Waals surface area contributed by atoms with Crippen LogP contribution in [0.2, 0.25) is 0 Å². The molecule has 2 radical (unpaired) electrons. The predicted octanol–water partition coefficient (Wildman–Crippen LogP) is -0.107. The van der Waals surface area contributed by atoms with E-state index in [1.807, 2.05) is 6.07 Å². The molecule has 0 saturated heterocycles. The summed E-state index contributed by atoms with van der Waals surface area (Å²) >= 11 is 0. The summed E-state index contributed by atoms with van der Waals surface area (Å²) in [5.41, 5.74) is 0. The molecule has 0 aliphatic carbocycles. The minimum atomic E-state index is 0.449. The number of aliphatic imine (C=N–C) groups is 1. The van der Waals surface area contributed by atoms with Gasteiger partial charge in [0.15, 0.2) is 0 Å². The lowest BCUT2D eigenvalue weighted by Gasteiger charge is -2.03. The fourth-order valence-electron chi connectivity index (χ4n) is 0.508. The molecule has 3 heteroatoms. The molecule has 0 aromatic heterocycles. The van der Waals surface area contributed by atoms with Gasteiger partial charge < -0.3 is 4.90 Å². The summed E-state index contributed by atoms with van der Waals surface area (Å²) in [7, 11) is 1.76. The summed E-state index contributed by atoms with van der Waals surface area (Å²) in [6, 6.07) is 1.93. The molecule has 0 N–H and O–H groups in total. The number of amidine groups is 1. The maximum absolute atomic E-state index is 8.27. The minimum absolute atomic E-state index is 0.449. The Bertz CT molecular complexity index is 154. The smallest absolute Gasteiger partial charge is 0.204 e. The van der Waals surface area contributed by atoms with Gasteiger partial charge in [-0.15, -0.1) is 0 Å². The van der Waals surface area contributed by atoms with Crippen LogP contribution in [-0.4, -0.2) is 24.3 Å². The van der Waals surface area contributed by atoms with Crippen molar-refractivity contribution >= 4 is 5.84 Å². The zero-order valence-corrected chi connectivity index (χ0v) is 4.55. The molecule has 1 aliphatic rings. The Morgan fingerprint density at radius 3 is 3.00 bits per heavy atom. The Kier molecular flexibility index (Phi) is 1.17. The molecule has 1 heterocycles. The molecular weight excluding hydrogens is 102 g/mol. The van der Waals surface area contributed by atoms with Crippen molar-refractivity contribution in [3.63, 3.8) is 0 Å². The van der Waals surface area contributed by atoms with Crippen LogP contribution in [0.4, 0.5) is 0 Å². The number of rotatable bonds is 0. The van der Waals surface area contributed by atoms with Crippen molar-refractivity contribution < 1.29 is 0 Å². The normalized spacial score (nSPS) is 18.0. The van der Waals surface area contributed by atoms with E-state index in [1.54, 1.807) is 11.9 Å². The largest absolute Gasteiger partial charge is 0.338 e. The Morgan fingerprint density at radius 2 is 2.75 bits per heavy atom. The summed E-state index contributed by atoms with van der Waals surface area (Å²) in [4.78, 5) is 5.40. The number of hydrogen-bond donors (Lipinski definition) is 0. The van der Waals surface area contributed by atoms with E-state index in [0.29, 0.717) is 12.4 Å². The summed E-state index contributed by atoms with van der Waals surface area (Å²) < 4.78 is 0. The van der Waals surface area contributed by atoms with Gasteiger partial charge in [0.05, 0.1) is 6.54 Å². The first kappa shape index (κ1) is 5.10. The van der Waals surface area contributed by atoms with Crippen LogP contribution in [0, 0.1) is 17.9 Å². The van der Waals surface area contributed by atoms with Crippen LogP contribution in [0.25, 0.3) is 0 Å². The molecule has 0 spiro atoms. The number of nitriles is 1. The first-order valence-electron chi connectivity index (χ1n) is 2.26. The third-order valence-electron chi connectivity index (χ3n) is 0.954. The van der Waals surface area contributed by atoms with Gasteiger partial charge in [-0.05, 0) is 0 Å². The van der Waals surface area contributed by atoms with E-state index in [2.05, 4.69) is 11.5 Å². The van der Waals surface area contributed by atoms with Gasteiger partial charge in [-0.3, -0.25) is 4.99 Å². The molecule has 0 atom stereocenters. The lowest BCUT2D eigenvalue weighted by molar-refractivity contribution is 0.644. The monoisotopic (exact) mass is 107 g/mol. The van der Waals surface area contributed by atoms with Crippen molar-refractivity contribution in [2.75, 3.05) is 13.6 Å². The first-order valence-corrected chi connectivity index (χ1v) is 2.26. The third kappa shape index (κ3) is 0.648. The Labute approximate surface area is 48.2 Å². The Morgan fingerprint density at radius 1 is 2.00 bits per heavy atom. The summed E-state index contributed by atoms with van der Waals surface area (Å²) in [5.74, 6) is 0.449. The highest BCUT2D eigenvalue weighted by atomic mass is 15.2. The standard InChI is InChI=1S/C5H5N3/c1-8-3-2-7-5(8)4-6/h2H2,1H3. The fraction of sp³-hybridized carbons (Fsp3) is 0.400. The van der Waals surface area contributed by atoms with Gasteiger partial charge in [0, 0.05) is 7.05 Å². The molecular formula is C5H5N3. The summed E-state index contributed by atoms with van der Waals surface area (Å²) in [5, 5.41) is 8.27. The van der Waals surface area contributed by atoms with Crippen molar-refractivity contribution in [2.24, 2.45) is 4.99 Å². The van der Waals surface area contributed by atoms with Crippen LogP contribution in [0.3, 0.4) is 0 Å². The maximum Gasteiger partial charge on any atom is 0.204 e. The van der Waals surface area contributed by atoms with Crippen molar-refractivity contribution in [3.8, 4) is 6.07 Å². The molecule has 1 rings (SSSR count). The van der Waals surface area contributed by atoms with Crippen LogP contribution >= 0.6 is 0 Å². The molecule has 0 aromatic carbocycles. The third-order valence-corrected chi connectivity index (χ3v) is 0.954. The first-order chi connectivity index (χ1) is 3.84. The topological polar surface area (TPSA) is 39.4 Å². The molecule has 3 nitrogen and oxygen atoms in total. The second kappa shape index (κ2) is 1.83. The molecule has 40 valence electrons. The predicted molar refractivity (Wildman–Crippen MR) is 28.9 cm³/mol. The van der Waals surface area contributed by atoms with Crippen molar-refractivity contribution in [3.05, 3.63) is 6.54 Å². The van der Waals surface area contributed by atoms with Gasteiger partial charge in [0.25, 0.3) is 0 Å². The van der Waals surface area contributed by atoms with Crippen LogP contribution in [0.5, 0.6) is 0 Å². The van der Waals surface area contributed by atoms with Crippen LogP contribution in [-0.2, 0) is 0 Å². The number of likely N-dealkylation sites (N-methyl/N-ethyl adjacent to an activating group) is 1. The van der Waals surface area contributed by atoms with Gasteiger partial charge in [-0.25, -0.2) is 0 Å². The van der Waals surface area contributed by atoms with Crippen LogP contribution in [0.15, 0.2) is 4.99 Å². The highest BCUT2D eigenvalue weighted by Gasteiger charge is 2.10. The molecule has 0 unspecified atom stereocenters. The number of nitrogens with zero attached hydrogens (tertiary/aromatic N) is 3.